The quantitative estimate of drug-likeness (QED) is 0.829. The van der Waals surface area contributed by atoms with Crippen molar-refractivity contribution < 1.29 is 18.0 Å². The first-order valence-electron chi connectivity index (χ1n) is 5.09. The first-order chi connectivity index (χ1) is 7.68. The lowest BCUT2D eigenvalue weighted by Crippen LogP contribution is -2.44. The molecule has 0 aliphatic carbocycles. The number of halogens is 3. The van der Waals surface area contributed by atoms with E-state index in [2.05, 4.69) is 5.32 Å². The topological polar surface area (TPSA) is 29.1 Å². The molecule has 0 saturated carbocycles. The second kappa shape index (κ2) is 4.49. The highest BCUT2D eigenvalue weighted by Gasteiger charge is 2.32. The van der Waals surface area contributed by atoms with Crippen molar-refractivity contribution in [2.24, 2.45) is 0 Å². The molecular weight excluding hydrogens is 231 g/mol. The number of ketones is 1. The van der Waals surface area contributed by atoms with Gasteiger partial charge in [0, 0.05) is 5.56 Å². The van der Waals surface area contributed by atoms with Gasteiger partial charge in [0.05, 0.1) is 11.1 Å². The number of hydrogen-bond acceptors (Lipinski definition) is 2. The van der Waals surface area contributed by atoms with Crippen molar-refractivity contribution in [3.05, 3.63) is 35.4 Å². The molecule has 5 heteroatoms. The van der Waals surface area contributed by atoms with Gasteiger partial charge >= 0.3 is 6.18 Å². The molecule has 94 valence electrons. The molecule has 0 bridgehead atoms. The van der Waals surface area contributed by atoms with Crippen LogP contribution in [0.1, 0.15) is 29.8 Å². The Bertz CT molecular complexity index is 424. The molecule has 0 unspecified atom stereocenters. The zero-order valence-corrected chi connectivity index (χ0v) is 9.85. The predicted octanol–water partition coefficient (Wildman–Crippen LogP) is 2.89. The molecule has 0 aliphatic rings. The molecule has 0 heterocycles. The van der Waals surface area contributed by atoms with Gasteiger partial charge < -0.3 is 5.32 Å². The van der Waals surface area contributed by atoms with E-state index in [9.17, 15) is 18.0 Å². The normalized spacial score (nSPS) is 12.6. The van der Waals surface area contributed by atoms with Crippen molar-refractivity contribution in [2.75, 3.05) is 7.05 Å². The molecule has 0 radical (unpaired) electrons. The molecule has 0 fully saturated rings. The lowest BCUT2D eigenvalue weighted by Gasteiger charge is -2.22. The van der Waals surface area contributed by atoms with E-state index in [-0.39, 0.29) is 11.3 Å². The van der Waals surface area contributed by atoms with E-state index in [1.54, 1.807) is 20.9 Å². The Hall–Kier alpha value is -1.36. The molecule has 1 aromatic carbocycles. The van der Waals surface area contributed by atoms with Crippen LogP contribution in [0.15, 0.2) is 24.3 Å². The van der Waals surface area contributed by atoms with Crippen LogP contribution in [-0.2, 0) is 6.18 Å². The number of hydrogen-bond donors (Lipinski definition) is 1. The zero-order valence-electron chi connectivity index (χ0n) is 9.85. The van der Waals surface area contributed by atoms with Crippen LogP contribution in [-0.4, -0.2) is 18.4 Å². The first-order valence-corrected chi connectivity index (χ1v) is 5.09. The highest BCUT2D eigenvalue weighted by Crippen LogP contribution is 2.30. The monoisotopic (exact) mass is 245 g/mol. The van der Waals surface area contributed by atoms with Crippen LogP contribution >= 0.6 is 0 Å². The van der Waals surface area contributed by atoms with Gasteiger partial charge in [-0.25, -0.2) is 0 Å². The van der Waals surface area contributed by atoms with E-state index >= 15 is 0 Å². The Labute approximate surface area is 97.8 Å². The summed E-state index contributed by atoms with van der Waals surface area (Å²) in [5.41, 5.74) is -1.64. The van der Waals surface area contributed by atoms with Crippen LogP contribution in [0.4, 0.5) is 13.2 Å². The molecule has 17 heavy (non-hydrogen) atoms. The number of alkyl halides is 3. The molecular formula is C12H14F3NO. The molecule has 1 N–H and O–H groups in total. The van der Waals surface area contributed by atoms with Gasteiger partial charge in [0.2, 0.25) is 0 Å². The lowest BCUT2D eigenvalue weighted by atomic mass is 9.92. The fourth-order valence-corrected chi connectivity index (χ4v) is 1.31. The van der Waals surface area contributed by atoms with Crippen LogP contribution in [0, 0.1) is 0 Å². The second-order valence-corrected chi connectivity index (χ2v) is 4.28. The third kappa shape index (κ3) is 3.06. The minimum atomic E-state index is -4.43. The van der Waals surface area contributed by atoms with Gasteiger partial charge in [-0.1, -0.05) is 12.1 Å². The van der Waals surface area contributed by atoms with Crippen molar-refractivity contribution >= 4 is 5.78 Å². The van der Waals surface area contributed by atoms with Crippen molar-refractivity contribution in [1.29, 1.82) is 0 Å². The lowest BCUT2D eigenvalue weighted by molar-refractivity contribution is -0.137. The number of nitrogens with one attached hydrogen (secondary N) is 1. The molecule has 1 aromatic rings. The highest BCUT2D eigenvalue weighted by molar-refractivity contribution is 6.02. The molecule has 0 aliphatic heterocycles. The summed E-state index contributed by atoms with van der Waals surface area (Å²) in [6.07, 6.45) is -4.43. The van der Waals surface area contributed by atoms with Crippen LogP contribution < -0.4 is 5.32 Å². The summed E-state index contributed by atoms with van der Waals surface area (Å²) in [6, 6.07) is 4.45. The summed E-state index contributed by atoms with van der Waals surface area (Å²) < 4.78 is 37.4. The first kappa shape index (κ1) is 13.7. The number of carbonyl (C=O) groups is 1. The smallest absolute Gasteiger partial charge is 0.308 e. The van der Waals surface area contributed by atoms with Gasteiger partial charge in [-0.15, -0.1) is 0 Å². The van der Waals surface area contributed by atoms with Gasteiger partial charge in [0.25, 0.3) is 0 Å². The Kier molecular flexibility index (Phi) is 3.62. The molecule has 0 amide bonds. The van der Waals surface area contributed by atoms with E-state index < -0.39 is 17.3 Å². The van der Waals surface area contributed by atoms with Gasteiger partial charge in [-0.3, -0.25) is 4.79 Å². The maximum atomic E-state index is 12.5. The Morgan fingerprint density at radius 2 is 1.82 bits per heavy atom. The molecule has 0 aromatic heterocycles. The third-order valence-corrected chi connectivity index (χ3v) is 2.64. The standard InChI is InChI=1S/C12H14F3NO/c1-11(2,16-3)10(17)8-5-4-6-9(7-8)12(13,14)15/h4-7,16H,1-3H3. The fourth-order valence-electron chi connectivity index (χ4n) is 1.31. The van der Waals surface area contributed by atoms with Crippen molar-refractivity contribution in [2.45, 2.75) is 25.6 Å². The summed E-state index contributed by atoms with van der Waals surface area (Å²) in [5, 5.41) is 2.77. The molecule has 1 rings (SSSR count). The Balaban J connectivity index is 3.13. The van der Waals surface area contributed by atoms with Gasteiger partial charge in [0.1, 0.15) is 0 Å². The maximum Gasteiger partial charge on any atom is 0.416 e. The SMILES string of the molecule is CNC(C)(C)C(=O)c1cccc(C(F)(F)F)c1. The minimum absolute atomic E-state index is 0.0548. The fraction of sp³-hybridized carbons (Fsp3) is 0.417. The van der Waals surface area contributed by atoms with Crippen LogP contribution in [0.5, 0.6) is 0 Å². The van der Waals surface area contributed by atoms with Gasteiger partial charge in [-0.05, 0) is 33.0 Å². The van der Waals surface area contributed by atoms with Gasteiger partial charge in [0.15, 0.2) is 5.78 Å². The number of carbonyl (C=O) groups excluding carboxylic acids is 1. The molecule has 0 saturated heterocycles. The second-order valence-electron chi connectivity index (χ2n) is 4.28. The highest BCUT2D eigenvalue weighted by atomic mass is 19.4. The summed E-state index contributed by atoms with van der Waals surface area (Å²) in [7, 11) is 1.59. The molecule has 2 nitrogen and oxygen atoms in total. The largest absolute Gasteiger partial charge is 0.416 e. The third-order valence-electron chi connectivity index (χ3n) is 2.64. The number of Topliss-reactive ketones (excluding diaryl/α,β-unsaturated/α-hetero) is 1. The Morgan fingerprint density at radius 1 is 1.24 bits per heavy atom. The zero-order chi connectivity index (χ0) is 13.3. The summed E-state index contributed by atoms with van der Waals surface area (Å²) in [6.45, 7) is 3.24. The predicted molar refractivity (Wildman–Crippen MR) is 58.9 cm³/mol. The summed E-state index contributed by atoms with van der Waals surface area (Å²) >= 11 is 0. The van der Waals surface area contributed by atoms with E-state index in [0.717, 1.165) is 12.1 Å². The molecule has 0 atom stereocenters. The Morgan fingerprint density at radius 3 is 2.29 bits per heavy atom. The van der Waals surface area contributed by atoms with Crippen LogP contribution in [0.25, 0.3) is 0 Å². The molecule has 0 spiro atoms. The van der Waals surface area contributed by atoms with Crippen LogP contribution in [0.3, 0.4) is 0 Å². The minimum Gasteiger partial charge on any atom is -0.308 e. The van der Waals surface area contributed by atoms with Crippen LogP contribution in [0.2, 0.25) is 0 Å². The van der Waals surface area contributed by atoms with E-state index in [4.69, 9.17) is 0 Å². The summed E-state index contributed by atoms with van der Waals surface area (Å²) in [4.78, 5) is 11.9. The van der Waals surface area contributed by atoms with Crippen molar-refractivity contribution in [3.63, 3.8) is 0 Å². The number of rotatable bonds is 3. The average molecular weight is 245 g/mol. The van der Waals surface area contributed by atoms with E-state index in [0.29, 0.717) is 0 Å². The summed E-state index contributed by atoms with van der Waals surface area (Å²) in [5.74, 6) is -0.369. The van der Waals surface area contributed by atoms with Gasteiger partial charge in [-0.2, -0.15) is 13.2 Å². The van der Waals surface area contributed by atoms with E-state index in [1.165, 1.54) is 12.1 Å². The van der Waals surface area contributed by atoms with Crippen molar-refractivity contribution in [1.82, 2.24) is 5.32 Å². The number of likely N-dealkylation sites (N-methyl/N-ethyl adjacent to an activating group) is 1. The van der Waals surface area contributed by atoms with Crippen molar-refractivity contribution in [3.8, 4) is 0 Å². The number of benzene rings is 1. The van der Waals surface area contributed by atoms with E-state index in [1.807, 2.05) is 0 Å². The maximum absolute atomic E-state index is 12.5. The average Bonchev–Trinajstić information content (AvgIpc) is 2.27.